The normalized spacial score (nSPS) is 8.00. The fraction of sp³-hybridized carbons (Fsp3) is 0.750. The van der Waals surface area contributed by atoms with Crippen LogP contribution in [0.4, 0.5) is 0 Å². The van der Waals surface area contributed by atoms with Gasteiger partial charge in [-0.05, 0) is 13.8 Å². The maximum absolute atomic E-state index is 9.81. The van der Waals surface area contributed by atoms with Gasteiger partial charge in [0.2, 0.25) is 0 Å². The van der Waals surface area contributed by atoms with E-state index < -0.39 is 11.9 Å². The summed E-state index contributed by atoms with van der Waals surface area (Å²) in [6.45, 7) is 8.03. The van der Waals surface area contributed by atoms with Gasteiger partial charge < -0.3 is 9.47 Å². The summed E-state index contributed by atoms with van der Waals surface area (Å²) in [5.41, 5.74) is 0. The summed E-state index contributed by atoms with van der Waals surface area (Å²) in [6.07, 6.45) is 0. The van der Waals surface area contributed by atoms with Crippen LogP contribution in [0.3, 0.4) is 0 Å². The van der Waals surface area contributed by atoms with Crippen LogP contribution in [0.2, 0.25) is 0 Å². The zero-order chi connectivity index (χ0) is 9.98. The summed E-state index contributed by atoms with van der Waals surface area (Å²) in [7, 11) is 0. The first kappa shape index (κ1) is 13.7. The van der Waals surface area contributed by atoms with E-state index >= 15 is 0 Å². The zero-order valence-electron chi connectivity index (χ0n) is 8.05. The highest BCUT2D eigenvalue weighted by molar-refractivity contribution is 5.82. The third kappa shape index (κ3) is 23.0. The summed E-state index contributed by atoms with van der Waals surface area (Å²) in [6, 6.07) is 0. The van der Waals surface area contributed by atoms with Crippen molar-refractivity contribution in [3.8, 4) is 0 Å². The van der Waals surface area contributed by atoms with E-state index in [9.17, 15) is 9.59 Å². The molecule has 0 aromatic carbocycles. The maximum atomic E-state index is 9.81. The van der Waals surface area contributed by atoms with Crippen molar-refractivity contribution >= 4 is 11.9 Å². The van der Waals surface area contributed by atoms with Gasteiger partial charge in [-0.2, -0.15) is 0 Å². The highest BCUT2D eigenvalue weighted by Gasteiger charge is 1.93. The SMILES string of the molecule is CC(=O)OC(C)=O.CCOCC. The van der Waals surface area contributed by atoms with Gasteiger partial charge in [0.25, 0.3) is 0 Å². The average Bonchev–Trinajstić information content (AvgIpc) is 1.87. The molecule has 0 aliphatic heterocycles. The first-order valence-corrected chi connectivity index (χ1v) is 3.81. The van der Waals surface area contributed by atoms with Crippen molar-refractivity contribution in [3.05, 3.63) is 0 Å². The predicted octanol–water partition coefficient (Wildman–Crippen LogP) is 1.14. The van der Waals surface area contributed by atoms with Gasteiger partial charge in [-0.25, -0.2) is 0 Å². The van der Waals surface area contributed by atoms with E-state index in [2.05, 4.69) is 4.74 Å². The molecule has 0 unspecified atom stereocenters. The first-order chi connectivity index (χ1) is 5.54. The van der Waals surface area contributed by atoms with Crippen LogP contribution in [0, 0.1) is 0 Å². The van der Waals surface area contributed by atoms with Crippen molar-refractivity contribution in [2.45, 2.75) is 27.7 Å². The second kappa shape index (κ2) is 10.1. The second-order valence-corrected chi connectivity index (χ2v) is 1.87. The molecule has 4 heteroatoms. The number of rotatable bonds is 2. The molecule has 0 heterocycles. The van der Waals surface area contributed by atoms with E-state index in [0.717, 1.165) is 13.2 Å². The van der Waals surface area contributed by atoms with Crippen LogP contribution >= 0.6 is 0 Å². The molecular formula is C8H16O4. The van der Waals surface area contributed by atoms with Crippen LogP contribution < -0.4 is 0 Å². The van der Waals surface area contributed by atoms with E-state index in [1.807, 2.05) is 13.8 Å². The molecule has 72 valence electrons. The Kier molecular flexibility index (Phi) is 11.5. The maximum Gasteiger partial charge on any atom is 0.310 e. The lowest BCUT2D eigenvalue weighted by atomic mass is 10.7. The molecule has 0 spiro atoms. The first-order valence-electron chi connectivity index (χ1n) is 3.81. The number of esters is 2. The Hall–Kier alpha value is -0.900. The van der Waals surface area contributed by atoms with Gasteiger partial charge in [-0.1, -0.05) is 0 Å². The lowest BCUT2D eigenvalue weighted by Crippen LogP contribution is -2.03. The highest BCUT2D eigenvalue weighted by Crippen LogP contribution is 1.73. The molecule has 0 saturated heterocycles. The molecule has 0 aromatic heterocycles. The number of carbonyl (C=O) groups excluding carboxylic acids is 2. The molecule has 0 bridgehead atoms. The van der Waals surface area contributed by atoms with Crippen molar-refractivity contribution in [2.75, 3.05) is 13.2 Å². The van der Waals surface area contributed by atoms with Crippen LogP contribution in [0.15, 0.2) is 0 Å². The second-order valence-electron chi connectivity index (χ2n) is 1.87. The molecule has 0 aromatic rings. The topological polar surface area (TPSA) is 52.6 Å². The minimum Gasteiger partial charge on any atom is -0.394 e. The third-order valence-electron chi connectivity index (χ3n) is 0.696. The summed E-state index contributed by atoms with van der Waals surface area (Å²) in [5, 5.41) is 0. The van der Waals surface area contributed by atoms with E-state index in [4.69, 9.17) is 4.74 Å². The highest BCUT2D eigenvalue weighted by atomic mass is 16.6. The van der Waals surface area contributed by atoms with Crippen LogP contribution in [-0.2, 0) is 19.1 Å². The molecule has 0 aliphatic rings. The Morgan fingerprint density at radius 1 is 1.00 bits per heavy atom. The van der Waals surface area contributed by atoms with E-state index in [1.54, 1.807) is 0 Å². The van der Waals surface area contributed by atoms with Crippen LogP contribution in [-0.4, -0.2) is 25.2 Å². The number of ether oxygens (including phenoxy) is 2. The minimum absolute atomic E-state index is 0.562. The van der Waals surface area contributed by atoms with Crippen LogP contribution in [0.5, 0.6) is 0 Å². The van der Waals surface area contributed by atoms with E-state index in [-0.39, 0.29) is 0 Å². The molecule has 0 saturated carbocycles. The van der Waals surface area contributed by atoms with Crippen LogP contribution in [0.25, 0.3) is 0 Å². The smallest absolute Gasteiger partial charge is 0.310 e. The Labute approximate surface area is 72.8 Å². The number of hydrogen-bond acceptors (Lipinski definition) is 4. The van der Waals surface area contributed by atoms with E-state index in [1.165, 1.54) is 13.8 Å². The molecule has 12 heavy (non-hydrogen) atoms. The Balaban J connectivity index is 0. The molecule has 0 atom stereocenters. The van der Waals surface area contributed by atoms with Gasteiger partial charge in [0.05, 0.1) is 0 Å². The molecule has 0 N–H and O–H groups in total. The predicted molar refractivity (Wildman–Crippen MR) is 44.6 cm³/mol. The Morgan fingerprint density at radius 3 is 1.33 bits per heavy atom. The molecule has 0 rings (SSSR count). The molecular weight excluding hydrogens is 160 g/mol. The van der Waals surface area contributed by atoms with Crippen molar-refractivity contribution < 1.29 is 19.1 Å². The lowest BCUT2D eigenvalue weighted by Gasteiger charge is -1.87. The standard InChI is InChI=1S/C4H6O3.C4H10O/c1-3(5)7-4(2)6;1-3-5-4-2/h1-2H3;3-4H2,1-2H3. The molecule has 4 nitrogen and oxygen atoms in total. The monoisotopic (exact) mass is 176 g/mol. The van der Waals surface area contributed by atoms with Crippen molar-refractivity contribution in [1.29, 1.82) is 0 Å². The van der Waals surface area contributed by atoms with Gasteiger partial charge in [0.15, 0.2) is 0 Å². The van der Waals surface area contributed by atoms with Crippen molar-refractivity contribution in [3.63, 3.8) is 0 Å². The fourth-order valence-electron chi connectivity index (χ4n) is 0.407. The number of carbonyl (C=O) groups is 2. The summed E-state index contributed by atoms with van der Waals surface area (Å²) in [5.74, 6) is -1.12. The summed E-state index contributed by atoms with van der Waals surface area (Å²) >= 11 is 0. The van der Waals surface area contributed by atoms with Crippen molar-refractivity contribution in [1.82, 2.24) is 0 Å². The molecule has 0 fully saturated rings. The van der Waals surface area contributed by atoms with Gasteiger partial charge >= 0.3 is 11.9 Å². The Bertz CT molecular complexity index is 117. The summed E-state index contributed by atoms with van der Waals surface area (Å²) in [4.78, 5) is 19.6. The zero-order valence-corrected chi connectivity index (χ0v) is 8.05. The largest absolute Gasteiger partial charge is 0.394 e. The molecule has 0 aliphatic carbocycles. The average molecular weight is 176 g/mol. The van der Waals surface area contributed by atoms with Crippen LogP contribution in [0.1, 0.15) is 27.7 Å². The van der Waals surface area contributed by atoms with Gasteiger partial charge in [-0.15, -0.1) is 0 Å². The van der Waals surface area contributed by atoms with Crippen molar-refractivity contribution in [2.24, 2.45) is 0 Å². The lowest BCUT2D eigenvalue weighted by molar-refractivity contribution is -0.156. The third-order valence-corrected chi connectivity index (χ3v) is 0.696. The quantitative estimate of drug-likeness (QED) is 0.467. The molecule has 0 amide bonds. The van der Waals surface area contributed by atoms with Gasteiger partial charge in [-0.3, -0.25) is 9.59 Å². The number of hydrogen-bond donors (Lipinski definition) is 0. The summed E-state index contributed by atoms with van der Waals surface area (Å²) < 4.78 is 8.81. The van der Waals surface area contributed by atoms with Gasteiger partial charge in [0, 0.05) is 27.1 Å². The Morgan fingerprint density at radius 2 is 1.33 bits per heavy atom. The van der Waals surface area contributed by atoms with Gasteiger partial charge in [0.1, 0.15) is 0 Å². The fourth-order valence-corrected chi connectivity index (χ4v) is 0.407. The molecule has 0 radical (unpaired) electrons. The minimum atomic E-state index is -0.562. The van der Waals surface area contributed by atoms with E-state index in [0.29, 0.717) is 0 Å².